The second-order valence-electron chi connectivity index (χ2n) is 4.96. The summed E-state index contributed by atoms with van der Waals surface area (Å²) in [5, 5.41) is 0. The third-order valence-corrected chi connectivity index (χ3v) is 3.61. The number of hydrogen-bond donors (Lipinski definition) is 0. The molecule has 0 amide bonds. The Morgan fingerprint density at radius 1 is 0.556 bits per heavy atom. The van der Waals surface area contributed by atoms with Crippen LogP contribution in [-0.4, -0.2) is 9.55 Å². The fourth-order valence-electron chi connectivity index (χ4n) is 2.65. The van der Waals surface area contributed by atoms with Crippen molar-refractivity contribution in [2.45, 2.75) is 41.5 Å². The van der Waals surface area contributed by atoms with Gasteiger partial charge < -0.3 is 0 Å². The van der Waals surface area contributed by atoms with Gasteiger partial charge in [0.2, 0.25) is 0 Å². The number of aromatic nitrogens is 2. The van der Waals surface area contributed by atoms with Crippen LogP contribution in [0.3, 0.4) is 0 Å². The highest BCUT2D eigenvalue weighted by atomic mass is 15.1. The Labute approximate surface area is 164 Å². The molecule has 2 nitrogen and oxygen atoms in total. The molecule has 0 N–H and O–H groups in total. The third kappa shape index (κ3) is 5.30. The van der Waals surface area contributed by atoms with E-state index < -0.39 is 0 Å². The van der Waals surface area contributed by atoms with Crippen LogP contribution in [0.25, 0.3) is 28.1 Å². The molecule has 0 saturated carbocycles. The molecule has 4 aromatic rings. The van der Waals surface area contributed by atoms with Crippen LogP contribution >= 0.6 is 0 Å². The van der Waals surface area contributed by atoms with Crippen LogP contribution in [0.15, 0.2) is 84.9 Å². The van der Waals surface area contributed by atoms with E-state index in [0.29, 0.717) is 0 Å². The maximum atomic E-state index is 4.82. The first-order chi connectivity index (χ1) is 13.4. The van der Waals surface area contributed by atoms with E-state index in [1.807, 2.05) is 71.9 Å². The van der Waals surface area contributed by atoms with E-state index in [4.69, 9.17) is 4.98 Å². The van der Waals surface area contributed by atoms with Gasteiger partial charge >= 0.3 is 0 Å². The third-order valence-electron chi connectivity index (χ3n) is 3.61. The number of nitrogens with zero attached hydrogens (tertiary/aromatic N) is 2. The lowest BCUT2D eigenvalue weighted by Gasteiger charge is -2.09. The minimum atomic E-state index is 0.975. The van der Waals surface area contributed by atoms with Crippen molar-refractivity contribution >= 4 is 11.0 Å². The van der Waals surface area contributed by atoms with Crippen LogP contribution in [0.1, 0.15) is 41.5 Å². The molecule has 0 aliphatic rings. The Hall–Kier alpha value is -2.87. The van der Waals surface area contributed by atoms with Crippen LogP contribution in [0, 0.1) is 0 Å². The summed E-state index contributed by atoms with van der Waals surface area (Å²) in [7, 11) is 0. The van der Waals surface area contributed by atoms with Gasteiger partial charge in [-0.2, -0.15) is 0 Å². The Kier molecular flexibility index (Phi) is 10.2. The molecule has 0 fully saturated rings. The number of para-hydroxylation sites is 3. The van der Waals surface area contributed by atoms with Crippen LogP contribution < -0.4 is 0 Å². The van der Waals surface area contributed by atoms with E-state index in [1.165, 1.54) is 0 Å². The lowest BCUT2D eigenvalue weighted by molar-refractivity contribution is 1.10. The zero-order valence-electron chi connectivity index (χ0n) is 17.5. The fraction of sp³-hybridized carbons (Fsp3) is 0.240. The molecule has 2 heteroatoms. The summed E-state index contributed by atoms with van der Waals surface area (Å²) >= 11 is 0. The minimum Gasteiger partial charge on any atom is -0.292 e. The van der Waals surface area contributed by atoms with E-state index in [9.17, 15) is 0 Å². The maximum absolute atomic E-state index is 4.82. The molecule has 0 atom stereocenters. The highest BCUT2D eigenvalue weighted by molar-refractivity contribution is 5.83. The number of imidazole rings is 1. The average Bonchev–Trinajstić information content (AvgIpc) is 3.19. The first kappa shape index (κ1) is 22.2. The normalized spacial score (nSPS) is 9.11. The van der Waals surface area contributed by atoms with Gasteiger partial charge in [0.05, 0.1) is 11.0 Å². The summed E-state index contributed by atoms with van der Waals surface area (Å²) in [6.07, 6.45) is 0. The smallest absolute Gasteiger partial charge is 0.145 e. The predicted molar refractivity (Wildman–Crippen MR) is 121 cm³/mol. The van der Waals surface area contributed by atoms with Crippen molar-refractivity contribution in [2.75, 3.05) is 0 Å². The Morgan fingerprint density at radius 3 is 1.63 bits per heavy atom. The van der Waals surface area contributed by atoms with Gasteiger partial charge in [0.1, 0.15) is 5.82 Å². The molecular formula is C25H32N2. The minimum absolute atomic E-state index is 0.975. The molecule has 0 saturated heterocycles. The zero-order valence-corrected chi connectivity index (χ0v) is 17.5. The first-order valence-corrected chi connectivity index (χ1v) is 10.0. The quantitative estimate of drug-likeness (QED) is 0.357. The van der Waals surface area contributed by atoms with Crippen molar-refractivity contribution in [3.05, 3.63) is 84.9 Å². The van der Waals surface area contributed by atoms with E-state index in [0.717, 1.165) is 28.1 Å². The highest BCUT2D eigenvalue weighted by Gasteiger charge is 2.13. The van der Waals surface area contributed by atoms with Crippen molar-refractivity contribution in [3.8, 4) is 17.1 Å². The molecule has 27 heavy (non-hydrogen) atoms. The molecule has 0 spiro atoms. The Morgan fingerprint density at radius 2 is 1.04 bits per heavy atom. The largest absolute Gasteiger partial charge is 0.292 e. The molecule has 0 unspecified atom stereocenters. The fourth-order valence-corrected chi connectivity index (χ4v) is 2.65. The monoisotopic (exact) mass is 360 g/mol. The van der Waals surface area contributed by atoms with Gasteiger partial charge in [-0.3, -0.25) is 4.57 Å². The second-order valence-corrected chi connectivity index (χ2v) is 4.96. The molecule has 0 aliphatic carbocycles. The summed E-state index contributed by atoms with van der Waals surface area (Å²) in [6, 6.07) is 28.9. The van der Waals surface area contributed by atoms with Crippen molar-refractivity contribution in [2.24, 2.45) is 0 Å². The molecule has 1 heterocycles. The van der Waals surface area contributed by atoms with Gasteiger partial charge in [-0.15, -0.1) is 0 Å². The summed E-state index contributed by atoms with van der Waals surface area (Å²) in [5.74, 6) is 0.975. The van der Waals surface area contributed by atoms with Crippen LogP contribution in [0.5, 0.6) is 0 Å². The number of benzene rings is 3. The van der Waals surface area contributed by atoms with E-state index >= 15 is 0 Å². The first-order valence-electron chi connectivity index (χ1n) is 10.0. The molecule has 0 aliphatic heterocycles. The molecular weight excluding hydrogens is 328 g/mol. The number of fused-ring (bicyclic) bond motifs is 1. The molecule has 3 aromatic carbocycles. The highest BCUT2D eigenvalue weighted by Crippen LogP contribution is 2.28. The van der Waals surface area contributed by atoms with Crippen LogP contribution in [0.4, 0.5) is 0 Å². The maximum Gasteiger partial charge on any atom is 0.145 e. The topological polar surface area (TPSA) is 17.8 Å². The lowest BCUT2D eigenvalue weighted by Crippen LogP contribution is -1.96. The van der Waals surface area contributed by atoms with Crippen molar-refractivity contribution in [1.29, 1.82) is 0 Å². The summed E-state index contributed by atoms with van der Waals surface area (Å²) < 4.78 is 2.21. The van der Waals surface area contributed by atoms with Crippen LogP contribution in [0.2, 0.25) is 0 Å². The summed E-state index contributed by atoms with van der Waals surface area (Å²) in [4.78, 5) is 4.82. The molecule has 1 aromatic heterocycles. The van der Waals surface area contributed by atoms with E-state index in [1.54, 1.807) is 0 Å². The predicted octanol–water partition coefficient (Wildman–Crippen LogP) is 7.77. The van der Waals surface area contributed by atoms with Gasteiger partial charge in [-0.1, -0.05) is 102 Å². The molecule has 142 valence electrons. The van der Waals surface area contributed by atoms with Crippen molar-refractivity contribution in [1.82, 2.24) is 9.55 Å². The molecule has 0 bridgehead atoms. The second kappa shape index (κ2) is 12.5. The number of rotatable bonds is 2. The van der Waals surface area contributed by atoms with Gasteiger partial charge in [0.15, 0.2) is 0 Å². The summed E-state index contributed by atoms with van der Waals surface area (Å²) in [5.41, 5.74) is 4.39. The lowest BCUT2D eigenvalue weighted by atomic mass is 10.2. The van der Waals surface area contributed by atoms with Gasteiger partial charge in [0.25, 0.3) is 0 Å². The average molecular weight is 361 g/mol. The van der Waals surface area contributed by atoms with Gasteiger partial charge in [-0.05, 0) is 24.3 Å². The SMILES string of the molecule is CC.CC.CC.c1ccc(-c2nc3ccccc3n2-c2ccccc2)cc1. The standard InChI is InChI=1S/C19H14N2.3C2H6/c1-3-9-15(10-4-1)19-20-17-13-7-8-14-18(17)21(19)16-11-5-2-6-12-16;3*1-2/h1-14H;3*1-2H3. The molecule has 0 radical (unpaired) electrons. The van der Waals surface area contributed by atoms with Crippen molar-refractivity contribution < 1.29 is 0 Å². The summed E-state index contributed by atoms with van der Waals surface area (Å²) in [6.45, 7) is 12.0. The van der Waals surface area contributed by atoms with Crippen LogP contribution in [-0.2, 0) is 0 Å². The number of hydrogen-bond acceptors (Lipinski definition) is 1. The van der Waals surface area contributed by atoms with E-state index in [-0.39, 0.29) is 0 Å². The van der Waals surface area contributed by atoms with E-state index in [2.05, 4.69) is 59.2 Å². The van der Waals surface area contributed by atoms with Gasteiger partial charge in [-0.25, -0.2) is 4.98 Å². The van der Waals surface area contributed by atoms with Crippen molar-refractivity contribution in [3.63, 3.8) is 0 Å². The Bertz CT molecular complexity index is 878. The Balaban J connectivity index is 0.000000556. The molecule has 4 rings (SSSR count). The zero-order chi connectivity index (χ0) is 20.1. The van der Waals surface area contributed by atoms with Gasteiger partial charge in [0, 0.05) is 11.3 Å².